The van der Waals surface area contributed by atoms with Gasteiger partial charge < -0.3 is 25.6 Å². The summed E-state index contributed by atoms with van der Waals surface area (Å²) >= 11 is 0. The zero-order valence-electron chi connectivity index (χ0n) is 16.8. The van der Waals surface area contributed by atoms with Crippen LogP contribution in [0.5, 0.6) is 0 Å². The molecule has 31 heavy (non-hydrogen) atoms. The predicted octanol–water partition coefficient (Wildman–Crippen LogP) is 1.72. The van der Waals surface area contributed by atoms with Crippen LogP contribution >= 0.6 is 0 Å². The Morgan fingerprint density at radius 3 is 2.23 bits per heavy atom. The minimum absolute atomic E-state index is 0.0155. The number of fused-ring (bicyclic) bond motifs is 3. The monoisotopic (exact) mass is 424 g/mol. The standard InChI is InChI=1S/C23H24N2O6/c26-20(22(28)29)11-24-21(27)18-9-13(18)10-25-23(30)31-12-19-16-7-3-1-5-14(16)15-6-2-4-8-17(15)19/h1-8,13,18-20,26H,9-12H2,(H,24,27)(H,25,30)(H,28,29)/t13-,18-,20?/m1/s1. The molecule has 2 amide bonds. The predicted molar refractivity (Wildman–Crippen MR) is 111 cm³/mol. The molecule has 0 radical (unpaired) electrons. The van der Waals surface area contributed by atoms with E-state index in [4.69, 9.17) is 9.84 Å². The molecule has 2 aliphatic rings. The summed E-state index contributed by atoms with van der Waals surface area (Å²) in [4.78, 5) is 34.7. The fourth-order valence-electron chi connectivity index (χ4n) is 4.07. The fourth-order valence-corrected chi connectivity index (χ4v) is 4.07. The summed E-state index contributed by atoms with van der Waals surface area (Å²) in [6.07, 6.45) is -1.56. The van der Waals surface area contributed by atoms with Crippen molar-refractivity contribution in [2.24, 2.45) is 11.8 Å². The molecular weight excluding hydrogens is 400 g/mol. The van der Waals surface area contributed by atoms with Gasteiger partial charge in [0.05, 0.1) is 6.54 Å². The fraction of sp³-hybridized carbons (Fsp3) is 0.348. The minimum Gasteiger partial charge on any atom is -0.479 e. The quantitative estimate of drug-likeness (QED) is 0.511. The average Bonchev–Trinajstić information content (AvgIpc) is 3.49. The van der Waals surface area contributed by atoms with Crippen molar-refractivity contribution in [2.45, 2.75) is 18.4 Å². The zero-order valence-corrected chi connectivity index (χ0v) is 16.8. The highest BCUT2D eigenvalue weighted by atomic mass is 16.5. The first-order valence-corrected chi connectivity index (χ1v) is 10.2. The van der Waals surface area contributed by atoms with E-state index in [0.29, 0.717) is 13.0 Å². The second-order valence-electron chi connectivity index (χ2n) is 7.91. The van der Waals surface area contributed by atoms with Crippen LogP contribution in [-0.4, -0.2) is 54.0 Å². The lowest BCUT2D eigenvalue weighted by Crippen LogP contribution is -2.37. The summed E-state index contributed by atoms with van der Waals surface area (Å²) in [6, 6.07) is 16.2. The van der Waals surface area contributed by atoms with E-state index in [2.05, 4.69) is 34.9 Å². The molecule has 0 aliphatic heterocycles. The highest BCUT2D eigenvalue weighted by Crippen LogP contribution is 2.44. The van der Waals surface area contributed by atoms with Gasteiger partial charge in [0.2, 0.25) is 5.91 Å². The molecule has 0 saturated heterocycles. The number of hydrogen-bond donors (Lipinski definition) is 4. The van der Waals surface area contributed by atoms with E-state index >= 15 is 0 Å². The number of aliphatic hydroxyl groups is 1. The van der Waals surface area contributed by atoms with Crippen molar-refractivity contribution >= 4 is 18.0 Å². The summed E-state index contributed by atoms with van der Waals surface area (Å²) < 4.78 is 5.47. The number of carbonyl (C=O) groups excluding carboxylic acids is 2. The lowest BCUT2D eigenvalue weighted by molar-refractivity contribution is -0.146. The van der Waals surface area contributed by atoms with Gasteiger partial charge >= 0.3 is 12.1 Å². The van der Waals surface area contributed by atoms with Crippen LogP contribution in [-0.2, 0) is 14.3 Å². The van der Waals surface area contributed by atoms with Crippen LogP contribution in [0.1, 0.15) is 23.5 Å². The minimum atomic E-state index is -1.62. The van der Waals surface area contributed by atoms with Crippen molar-refractivity contribution in [2.75, 3.05) is 19.7 Å². The van der Waals surface area contributed by atoms with Crippen LogP contribution in [0, 0.1) is 11.8 Å². The first-order chi connectivity index (χ1) is 15.0. The largest absolute Gasteiger partial charge is 0.479 e. The van der Waals surface area contributed by atoms with Gasteiger partial charge in [0.15, 0.2) is 6.10 Å². The Hall–Kier alpha value is -3.39. The van der Waals surface area contributed by atoms with Crippen LogP contribution in [0.4, 0.5) is 4.79 Å². The third-order valence-electron chi connectivity index (χ3n) is 5.87. The van der Waals surface area contributed by atoms with E-state index in [1.54, 1.807) is 0 Å². The van der Waals surface area contributed by atoms with Crippen LogP contribution in [0.15, 0.2) is 48.5 Å². The lowest BCUT2D eigenvalue weighted by atomic mass is 9.98. The smallest absolute Gasteiger partial charge is 0.407 e. The number of amides is 2. The lowest BCUT2D eigenvalue weighted by Gasteiger charge is -2.14. The number of nitrogens with one attached hydrogen (secondary N) is 2. The highest BCUT2D eigenvalue weighted by molar-refractivity contribution is 5.83. The Morgan fingerprint density at radius 1 is 1.00 bits per heavy atom. The van der Waals surface area contributed by atoms with Crippen molar-refractivity contribution in [1.29, 1.82) is 0 Å². The molecular formula is C23H24N2O6. The van der Waals surface area contributed by atoms with Crippen LogP contribution < -0.4 is 10.6 Å². The molecule has 4 rings (SSSR count). The van der Waals surface area contributed by atoms with Crippen molar-refractivity contribution in [3.63, 3.8) is 0 Å². The molecule has 3 atom stereocenters. The van der Waals surface area contributed by atoms with Gasteiger partial charge in [-0.05, 0) is 34.6 Å². The van der Waals surface area contributed by atoms with Gasteiger partial charge in [-0.2, -0.15) is 0 Å². The van der Waals surface area contributed by atoms with Gasteiger partial charge in [-0.15, -0.1) is 0 Å². The van der Waals surface area contributed by atoms with Crippen molar-refractivity contribution < 1.29 is 29.3 Å². The molecule has 2 aromatic carbocycles. The summed E-state index contributed by atoms with van der Waals surface area (Å²) in [6.45, 7) is 0.189. The number of rotatable bonds is 8. The summed E-state index contributed by atoms with van der Waals surface area (Å²) in [5, 5.41) is 22.9. The average molecular weight is 424 g/mol. The van der Waals surface area contributed by atoms with Gasteiger partial charge in [0.1, 0.15) is 6.61 Å². The molecule has 2 aliphatic carbocycles. The zero-order chi connectivity index (χ0) is 22.0. The van der Waals surface area contributed by atoms with Crippen LogP contribution in [0.25, 0.3) is 11.1 Å². The molecule has 1 saturated carbocycles. The Morgan fingerprint density at radius 2 is 1.61 bits per heavy atom. The summed E-state index contributed by atoms with van der Waals surface area (Å²) in [7, 11) is 0. The van der Waals surface area contributed by atoms with E-state index in [-0.39, 0.29) is 36.8 Å². The molecule has 0 aromatic heterocycles. The first-order valence-electron chi connectivity index (χ1n) is 10.2. The third kappa shape index (κ3) is 4.54. The number of carbonyl (C=O) groups is 3. The summed E-state index contributed by atoms with van der Waals surface area (Å²) in [5.41, 5.74) is 4.59. The van der Waals surface area contributed by atoms with E-state index in [1.165, 1.54) is 0 Å². The van der Waals surface area contributed by atoms with Gasteiger partial charge in [-0.25, -0.2) is 9.59 Å². The Bertz CT molecular complexity index is 962. The highest BCUT2D eigenvalue weighted by Gasteiger charge is 2.43. The molecule has 0 spiro atoms. The van der Waals surface area contributed by atoms with Crippen LogP contribution in [0.2, 0.25) is 0 Å². The van der Waals surface area contributed by atoms with Crippen LogP contribution in [0.3, 0.4) is 0 Å². The number of aliphatic hydroxyl groups excluding tert-OH is 1. The molecule has 1 fully saturated rings. The third-order valence-corrected chi connectivity index (χ3v) is 5.87. The van der Waals surface area contributed by atoms with Crippen molar-refractivity contribution in [1.82, 2.24) is 10.6 Å². The van der Waals surface area contributed by atoms with Gasteiger partial charge in [-0.3, -0.25) is 4.79 Å². The molecule has 8 heteroatoms. The topological polar surface area (TPSA) is 125 Å². The Labute approximate surface area is 179 Å². The molecule has 2 aromatic rings. The number of alkyl carbamates (subject to hydrolysis) is 1. The molecule has 0 bridgehead atoms. The van der Waals surface area contributed by atoms with E-state index in [0.717, 1.165) is 22.3 Å². The van der Waals surface area contributed by atoms with Gasteiger partial charge in [0, 0.05) is 18.4 Å². The number of carboxylic acid groups (broad SMARTS) is 1. The molecule has 8 nitrogen and oxygen atoms in total. The van der Waals surface area contributed by atoms with Crippen molar-refractivity contribution in [3.05, 3.63) is 59.7 Å². The number of carboxylic acids is 1. The maximum atomic E-state index is 12.2. The van der Waals surface area contributed by atoms with Gasteiger partial charge in [-0.1, -0.05) is 48.5 Å². The number of benzene rings is 2. The number of hydrogen-bond acceptors (Lipinski definition) is 5. The number of aliphatic carboxylic acids is 1. The SMILES string of the molecule is O=C(NC[C@H]1C[C@H]1C(=O)NCC(O)C(=O)O)OCC1c2ccccc2-c2ccccc21. The molecule has 4 N–H and O–H groups in total. The van der Waals surface area contributed by atoms with E-state index in [9.17, 15) is 19.5 Å². The molecule has 0 heterocycles. The Kier molecular flexibility index (Phi) is 5.90. The Balaban J connectivity index is 1.23. The maximum Gasteiger partial charge on any atom is 0.407 e. The van der Waals surface area contributed by atoms with E-state index in [1.807, 2.05) is 24.3 Å². The summed E-state index contributed by atoms with van der Waals surface area (Å²) in [5.74, 6) is -2.04. The van der Waals surface area contributed by atoms with E-state index < -0.39 is 18.2 Å². The number of ether oxygens (including phenoxy) is 1. The molecule has 162 valence electrons. The first kappa shape index (κ1) is 20.9. The van der Waals surface area contributed by atoms with Gasteiger partial charge in [0.25, 0.3) is 0 Å². The second-order valence-corrected chi connectivity index (χ2v) is 7.91. The second kappa shape index (κ2) is 8.77. The van der Waals surface area contributed by atoms with Crippen molar-refractivity contribution in [3.8, 4) is 11.1 Å². The molecule has 1 unspecified atom stereocenters. The normalized spacial score (nSPS) is 19.6. The maximum absolute atomic E-state index is 12.2.